The number of anilines is 1. The van der Waals surface area contributed by atoms with Crippen molar-refractivity contribution in [2.75, 3.05) is 11.2 Å². The van der Waals surface area contributed by atoms with Crippen LogP contribution >= 0.6 is 11.6 Å². The Hall–Kier alpha value is -1.28. The van der Waals surface area contributed by atoms with Crippen LogP contribution in [0.4, 0.5) is 5.69 Å². The maximum absolute atomic E-state index is 10.9. The summed E-state index contributed by atoms with van der Waals surface area (Å²) in [7, 11) is 0. The smallest absolute Gasteiger partial charge is 0.221 e. The van der Waals surface area contributed by atoms with Crippen molar-refractivity contribution in [2.45, 2.75) is 13.3 Å². The van der Waals surface area contributed by atoms with Crippen LogP contribution in [0.5, 0.6) is 0 Å². The summed E-state index contributed by atoms with van der Waals surface area (Å²) in [4.78, 5) is 10.9. The molecule has 0 bridgehead atoms. The summed E-state index contributed by atoms with van der Waals surface area (Å²) in [5.41, 5.74) is 1.83. The molecule has 80 valence electrons. The SMILES string of the molecule is CC(=O)Nc1ccccc1C=CCCCl. The van der Waals surface area contributed by atoms with Crippen molar-refractivity contribution < 1.29 is 4.79 Å². The molecule has 1 aromatic carbocycles. The topological polar surface area (TPSA) is 29.1 Å². The predicted molar refractivity (Wildman–Crippen MR) is 65.1 cm³/mol. The van der Waals surface area contributed by atoms with Crippen molar-refractivity contribution in [3.8, 4) is 0 Å². The third kappa shape index (κ3) is 4.17. The van der Waals surface area contributed by atoms with Crippen molar-refractivity contribution in [1.29, 1.82) is 0 Å². The number of rotatable bonds is 4. The molecule has 0 atom stereocenters. The van der Waals surface area contributed by atoms with Crippen molar-refractivity contribution in [3.05, 3.63) is 35.9 Å². The molecule has 1 amide bonds. The van der Waals surface area contributed by atoms with Gasteiger partial charge in [0.1, 0.15) is 0 Å². The van der Waals surface area contributed by atoms with E-state index in [4.69, 9.17) is 11.6 Å². The molecule has 15 heavy (non-hydrogen) atoms. The van der Waals surface area contributed by atoms with E-state index in [9.17, 15) is 4.79 Å². The van der Waals surface area contributed by atoms with Gasteiger partial charge in [-0.25, -0.2) is 0 Å². The molecule has 3 heteroatoms. The van der Waals surface area contributed by atoms with E-state index in [2.05, 4.69) is 5.32 Å². The lowest BCUT2D eigenvalue weighted by Crippen LogP contribution is -2.06. The lowest BCUT2D eigenvalue weighted by atomic mass is 10.1. The van der Waals surface area contributed by atoms with Gasteiger partial charge in [-0.1, -0.05) is 30.4 Å². The number of hydrogen-bond donors (Lipinski definition) is 1. The maximum atomic E-state index is 10.9. The van der Waals surface area contributed by atoms with E-state index in [0.717, 1.165) is 17.7 Å². The summed E-state index contributed by atoms with van der Waals surface area (Å²) in [6.45, 7) is 1.50. The van der Waals surface area contributed by atoms with Crippen LogP contribution in [0, 0.1) is 0 Å². The second-order valence-corrected chi connectivity index (χ2v) is 3.53. The van der Waals surface area contributed by atoms with Gasteiger partial charge in [-0.3, -0.25) is 4.79 Å². The Morgan fingerprint density at radius 3 is 2.87 bits per heavy atom. The number of halogens is 1. The van der Waals surface area contributed by atoms with Crippen LogP contribution in [0.3, 0.4) is 0 Å². The van der Waals surface area contributed by atoms with Gasteiger partial charge in [0.15, 0.2) is 0 Å². The van der Waals surface area contributed by atoms with Crippen LogP contribution < -0.4 is 5.32 Å². The van der Waals surface area contributed by atoms with Crippen LogP contribution in [-0.2, 0) is 4.79 Å². The third-order valence-corrected chi connectivity index (χ3v) is 2.06. The molecule has 0 saturated heterocycles. The number of para-hydroxylation sites is 1. The number of benzene rings is 1. The number of allylic oxidation sites excluding steroid dienone is 1. The quantitative estimate of drug-likeness (QED) is 0.780. The van der Waals surface area contributed by atoms with Crippen molar-refractivity contribution >= 4 is 29.3 Å². The fourth-order valence-electron chi connectivity index (χ4n) is 1.22. The van der Waals surface area contributed by atoms with Crippen molar-refractivity contribution in [2.24, 2.45) is 0 Å². The molecule has 2 nitrogen and oxygen atoms in total. The second kappa shape index (κ2) is 6.25. The Morgan fingerprint density at radius 1 is 1.47 bits per heavy atom. The minimum Gasteiger partial charge on any atom is -0.326 e. The summed E-state index contributed by atoms with van der Waals surface area (Å²) in [6, 6.07) is 7.66. The molecular formula is C12H14ClNO. The maximum Gasteiger partial charge on any atom is 0.221 e. The number of hydrogen-bond acceptors (Lipinski definition) is 1. The van der Waals surface area contributed by atoms with Gasteiger partial charge in [-0.15, -0.1) is 11.6 Å². The molecule has 0 aliphatic carbocycles. The number of carbonyl (C=O) groups excluding carboxylic acids is 1. The van der Waals surface area contributed by atoms with Crippen LogP contribution in [0.15, 0.2) is 30.3 Å². The molecular weight excluding hydrogens is 210 g/mol. The van der Waals surface area contributed by atoms with Gasteiger partial charge in [-0.2, -0.15) is 0 Å². The fourth-order valence-corrected chi connectivity index (χ4v) is 1.35. The van der Waals surface area contributed by atoms with Crippen LogP contribution in [0.25, 0.3) is 6.08 Å². The highest BCUT2D eigenvalue weighted by Gasteiger charge is 1.98. The molecule has 1 rings (SSSR count). The van der Waals surface area contributed by atoms with E-state index < -0.39 is 0 Å². The Labute approximate surface area is 94.9 Å². The molecule has 0 aromatic heterocycles. The van der Waals surface area contributed by atoms with Crippen LogP contribution in [-0.4, -0.2) is 11.8 Å². The van der Waals surface area contributed by atoms with Crippen molar-refractivity contribution in [1.82, 2.24) is 0 Å². The van der Waals surface area contributed by atoms with Gasteiger partial charge in [0.05, 0.1) is 0 Å². The monoisotopic (exact) mass is 223 g/mol. The molecule has 0 spiro atoms. The van der Waals surface area contributed by atoms with Gasteiger partial charge >= 0.3 is 0 Å². The Morgan fingerprint density at radius 2 is 2.20 bits per heavy atom. The number of carbonyl (C=O) groups is 1. The lowest BCUT2D eigenvalue weighted by molar-refractivity contribution is -0.114. The molecule has 0 heterocycles. The Kier molecular flexibility index (Phi) is 4.91. The van der Waals surface area contributed by atoms with Gasteiger partial charge in [0, 0.05) is 18.5 Å². The average molecular weight is 224 g/mol. The largest absolute Gasteiger partial charge is 0.326 e. The van der Waals surface area contributed by atoms with Crippen LogP contribution in [0.2, 0.25) is 0 Å². The summed E-state index contributed by atoms with van der Waals surface area (Å²) in [6.07, 6.45) is 4.79. The second-order valence-electron chi connectivity index (χ2n) is 3.15. The van der Waals surface area contributed by atoms with Gasteiger partial charge in [0.25, 0.3) is 0 Å². The molecule has 0 aliphatic heterocycles. The summed E-state index contributed by atoms with van der Waals surface area (Å²) in [5, 5.41) is 2.78. The number of nitrogens with one attached hydrogen (secondary N) is 1. The van der Waals surface area contributed by atoms with Gasteiger partial charge < -0.3 is 5.32 Å². The van der Waals surface area contributed by atoms with Crippen LogP contribution in [0.1, 0.15) is 18.9 Å². The normalized spacial score (nSPS) is 10.5. The third-order valence-electron chi connectivity index (χ3n) is 1.84. The highest BCUT2D eigenvalue weighted by Crippen LogP contribution is 2.16. The molecule has 0 saturated carbocycles. The molecule has 0 fully saturated rings. The van der Waals surface area contributed by atoms with Gasteiger partial charge in [0.2, 0.25) is 5.91 Å². The summed E-state index contributed by atoms with van der Waals surface area (Å²) < 4.78 is 0. The highest BCUT2D eigenvalue weighted by molar-refractivity contribution is 6.17. The summed E-state index contributed by atoms with van der Waals surface area (Å²) >= 11 is 5.57. The molecule has 0 radical (unpaired) electrons. The van der Waals surface area contributed by atoms with E-state index in [-0.39, 0.29) is 5.91 Å². The minimum absolute atomic E-state index is 0.0619. The van der Waals surface area contributed by atoms with E-state index in [1.807, 2.05) is 36.4 Å². The first kappa shape index (κ1) is 11.8. The Balaban J connectivity index is 2.81. The van der Waals surface area contributed by atoms with E-state index >= 15 is 0 Å². The first-order chi connectivity index (χ1) is 7.24. The fraction of sp³-hybridized carbons (Fsp3) is 0.250. The lowest BCUT2D eigenvalue weighted by Gasteiger charge is -2.05. The first-order valence-corrected chi connectivity index (χ1v) is 5.36. The highest BCUT2D eigenvalue weighted by atomic mass is 35.5. The zero-order valence-corrected chi connectivity index (χ0v) is 9.42. The first-order valence-electron chi connectivity index (χ1n) is 4.83. The van der Waals surface area contributed by atoms with E-state index in [1.54, 1.807) is 0 Å². The van der Waals surface area contributed by atoms with Crippen molar-refractivity contribution in [3.63, 3.8) is 0 Å². The summed E-state index contributed by atoms with van der Waals surface area (Å²) in [5.74, 6) is 0.548. The average Bonchev–Trinajstić information content (AvgIpc) is 2.20. The number of amides is 1. The zero-order chi connectivity index (χ0) is 11.1. The molecule has 1 aromatic rings. The van der Waals surface area contributed by atoms with Gasteiger partial charge in [-0.05, 0) is 18.1 Å². The van der Waals surface area contributed by atoms with E-state index in [1.165, 1.54) is 6.92 Å². The number of alkyl halides is 1. The van der Waals surface area contributed by atoms with E-state index in [0.29, 0.717) is 5.88 Å². The molecule has 0 aliphatic rings. The predicted octanol–water partition coefficient (Wildman–Crippen LogP) is 3.29. The molecule has 1 N–H and O–H groups in total. The molecule has 0 unspecified atom stereocenters. The zero-order valence-electron chi connectivity index (χ0n) is 8.66. The minimum atomic E-state index is -0.0619. The standard InChI is InChI=1S/C12H14ClNO/c1-10(15)14-12-8-3-2-6-11(12)7-4-5-9-13/h2-4,6-8H,5,9H2,1H3,(H,14,15). The Bertz CT molecular complexity index is 360.